The van der Waals surface area contributed by atoms with Crippen LogP contribution in [0, 0.1) is 0 Å². The Labute approximate surface area is 147 Å². The van der Waals surface area contributed by atoms with Crippen LogP contribution in [0.25, 0.3) is 0 Å². The number of H-pyrrole nitrogens is 1. The Kier molecular flexibility index (Phi) is 3.73. The Hall–Kier alpha value is -2.05. The van der Waals surface area contributed by atoms with Crippen LogP contribution < -0.4 is 10.9 Å². The van der Waals surface area contributed by atoms with Gasteiger partial charge in [0.05, 0.1) is 22.9 Å². The van der Waals surface area contributed by atoms with E-state index >= 15 is 0 Å². The van der Waals surface area contributed by atoms with Gasteiger partial charge in [-0.15, -0.1) is 0 Å². The quantitative estimate of drug-likeness (QED) is 0.761. The molecule has 2 aliphatic rings. The molecule has 8 heteroatoms. The summed E-state index contributed by atoms with van der Waals surface area (Å²) < 4.78 is 0. The van der Waals surface area contributed by atoms with Gasteiger partial charge in [-0.05, 0) is 36.5 Å². The van der Waals surface area contributed by atoms with E-state index in [0.717, 1.165) is 24.0 Å². The molecule has 0 radical (unpaired) electrons. The first-order chi connectivity index (χ1) is 11.5. The highest BCUT2D eigenvalue weighted by Gasteiger charge is 2.42. The fourth-order valence-electron chi connectivity index (χ4n) is 3.64. The summed E-state index contributed by atoms with van der Waals surface area (Å²) in [5.74, 6) is 0. The molecule has 124 valence electrons. The average Bonchev–Trinajstić information content (AvgIpc) is 2.86. The molecule has 2 aromatic heterocycles. The normalized spacial score (nSPS) is 21.5. The van der Waals surface area contributed by atoms with Crippen molar-refractivity contribution in [3.05, 3.63) is 56.2 Å². The number of anilines is 1. The number of nitrogens with one attached hydrogen (secondary N) is 2. The highest BCUT2D eigenvalue weighted by molar-refractivity contribution is 6.41. The van der Waals surface area contributed by atoms with Gasteiger partial charge in [0.1, 0.15) is 5.15 Å². The molecule has 0 aliphatic carbocycles. The standard InChI is InChI=1S/C16H14Cl2N4O2/c17-12-5-9(6-20-15(12)18)21-16(24)22-10-1-2-13(22)11-7-19-14(23)4-8(11)3-10/h4-7,10,13H,1-3H2,(H,19,23)(H,21,24). The minimum absolute atomic E-state index is 0.0219. The van der Waals surface area contributed by atoms with E-state index < -0.39 is 0 Å². The first kappa shape index (κ1) is 15.5. The van der Waals surface area contributed by atoms with Crippen molar-refractivity contribution in [2.75, 3.05) is 5.32 Å². The second-order valence-electron chi connectivity index (χ2n) is 6.06. The van der Waals surface area contributed by atoms with Gasteiger partial charge in [-0.2, -0.15) is 0 Å². The smallest absolute Gasteiger partial charge is 0.322 e. The minimum atomic E-state index is -0.195. The number of amides is 2. The minimum Gasteiger partial charge on any atom is -0.329 e. The summed E-state index contributed by atoms with van der Waals surface area (Å²) in [6, 6.07) is 3.09. The summed E-state index contributed by atoms with van der Waals surface area (Å²) in [5.41, 5.74) is 2.45. The summed E-state index contributed by atoms with van der Waals surface area (Å²) >= 11 is 11.7. The van der Waals surface area contributed by atoms with Crippen LogP contribution in [0.1, 0.15) is 30.0 Å². The number of hydrogen-bond acceptors (Lipinski definition) is 3. The molecule has 1 saturated heterocycles. The fraction of sp³-hybridized carbons (Fsp3) is 0.312. The van der Waals surface area contributed by atoms with Crippen LogP contribution in [0.2, 0.25) is 10.2 Å². The van der Waals surface area contributed by atoms with E-state index in [4.69, 9.17) is 23.2 Å². The zero-order valence-corrected chi connectivity index (χ0v) is 14.1. The van der Waals surface area contributed by atoms with E-state index in [1.807, 2.05) is 4.90 Å². The molecule has 2 N–H and O–H groups in total. The van der Waals surface area contributed by atoms with E-state index in [-0.39, 0.29) is 28.8 Å². The molecule has 2 aromatic rings. The van der Waals surface area contributed by atoms with E-state index in [1.54, 1.807) is 18.3 Å². The maximum atomic E-state index is 12.7. The van der Waals surface area contributed by atoms with Crippen molar-refractivity contribution in [3.8, 4) is 0 Å². The lowest BCUT2D eigenvalue weighted by molar-refractivity contribution is 0.179. The molecule has 6 nitrogen and oxygen atoms in total. The third-order valence-corrected chi connectivity index (χ3v) is 5.33. The van der Waals surface area contributed by atoms with Crippen molar-refractivity contribution in [1.82, 2.24) is 14.9 Å². The van der Waals surface area contributed by atoms with Crippen LogP contribution in [-0.2, 0) is 6.42 Å². The predicted octanol–water partition coefficient (Wildman–Crippen LogP) is 3.37. The predicted molar refractivity (Wildman–Crippen MR) is 91.6 cm³/mol. The fourth-order valence-corrected chi connectivity index (χ4v) is 3.91. The molecule has 4 heterocycles. The zero-order valence-electron chi connectivity index (χ0n) is 12.6. The number of fused-ring (bicyclic) bond motifs is 4. The third kappa shape index (κ3) is 2.56. The Morgan fingerprint density at radius 3 is 2.96 bits per heavy atom. The summed E-state index contributed by atoms with van der Waals surface area (Å²) in [5, 5.41) is 3.32. The molecule has 2 bridgehead atoms. The monoisotopic (exact) mass is 364 g/mol. The van der Waals surface area contributed by atoms with Gasteiger partial charge in [0.25, 0.3) is 0 Å². The summed E-state index contributed by atoms with van der Waals surface area (Å²) in [6.45, 7) is 0. The van der Waals surface area contributed by atoms with Crippen molar-refractivity contribution in [2.45, 2.75) is 31.3 Å². The van der Waals surface area contributed by atoms with E-state index in [2.05, 4.69) is 15.3 Å². The maximum absolute atomic E-state index is 12.7. The zero-order chi connectivity index (χ0) is 16.8. The van der Waals surface area contributed by atoms with Gasteiger partial charge in [0.15, 0.2) is 0 Å². The molecule has 0 aromatic carbocycles. The lowest BCUT2D eigenvalue weighted by Gasteiger charge is -2.36. The average molecular weight is 365 g/mol. The van der Waals surface area contributed by atoms with E-state index in [1.165, 1.54) is 6.20 Å². The molecule has 0 saturated carbocycles. The molecule has 2 aliphatic heterocycles. The molecule has 24 heavy (non-hydrogen) atoms. The highest BCUT2D eigenvalue weighted by Crippen LogP contribution is 2.43. The summed E-state index contributed by atoms with van der Waals surface area (Å²) in [4.78, 5) is 32.7. The van der Waals surface area contributed by atoms with Crippen LogP contribution in [0.5, 0.6) is 0 Å². The topological polar surface area (TPSA) is 78.1 Å². The van der Waals surface area contributed by atoms with E-state index in [9.17, 15) is 9.59 Å². The van der Waals surface area contributed by atoms with Crippen molar-refractivity contribution in [2.24, 2.45) is 0 Å². The van der Waals surface area contributed by atoms with Crippen molar-refractivity contribution >= 4 is 34.9 Å². The molecular weight excluding hydrogens is 351 g/mol. The number of aromatic amines is 1. The number of aromatic nitrogens is 2. The van der Waals surface area contributed by atoms with Gasteiger partial charge in [-0.25, -0.2) is 9.78 Å². The lowest BCUT2D eigenvalue weighted by atomic mass is 9.95. The number of rotatable bonds is 1. The SMILES string of the molecule is O=C(Nc1cnc(Cl)c(Cl)c1)N1C2CCC1c1c[nH]c(=O)cc1C2. The van der Waals surface area contributed by atoms with Gasteiger partial charge in [0, 0.05) is 18.3 Å². The van der Waals surface area contributed by atoms with Gasteiger partial charge < -0.3 is 15.2 Å². The number of nitrogens with zero attached hydrogens (tertiary/aromatic N) is 2. The molecule has 2 amide bonds. The Morgan fingerprint density at radius 1 is 1.33 bits per heavy atom. The molecule has 0 spiro atoms. The second kappa shape index (κ2) is 5.79. The highest BCUT2D eigenvalue weighted by atomic mass is 35.5. The number of urea groups is 1. The largest absolute Gasteiger partial charge is 0.329 e. The van der Waals surface area contributed by atoms with Gasteiger partial charge in [-0.3, -0.25) is 4.79 Å². The molecule has 4 rings (SSSR count). The molecule has 2 unspecified atom stereocenters. The number of carbonyl (C=O) groups is 1. The lowest BCUT2D eigenvalue weighted by Crippen LogP contribution is -2.44. The van der Waals surface area contributed by atoms with Crippen LogP contribution in [0.15, 0.2) is 29.3 Å². The first-order valence-electron chi connectivity index (χ1n) is 7.65. The number of pyridine rings is 2. The third-order valence-electron chi connectivity index (χ3n) is 4.65. The Bertz CT molecular complexity index is 883. The van der Waals surface area contributed by atoms with Crippen LogP contribution in [-0.4, -0.2) is 26.9 Å². The van der Waals surface area contributed by atoms with Crippen LogP contribution >= 0.6 is 23.2 Å². The maximum Gasteiger partial charge on any atom is 0.322 e. The van der Waals surface area contributed by atoms with Crippen molar-refractivity contribution in [1.29, 1.82) is 0 Å². The molecule has 2 atom stereocenters. The van der Waals surface area contributed by atoms with Gasteiger partial charge >= 0.3 is 6.03 Å². The second-order valence-corrected chi connectivity index (χ2v) is 6.83. The van der Waals surface area contributed by atoms with Crippen molar-refractivity contribution in [3.63, 3.8) is 0 Å². The van der Waals surface area contributed by atoms with Crippen LogP contribution in [0.3, 0.4) is 0 Å². The van der Waals surface area contributed by atoms with Gasteiger partial charge in [0.2, 0.25) is 5.56 Å². The van der Waals surface area contributed by atoms with E-state index in [0.29, 0.717) is 17.1 Å². The number of halogens is 2. The Morgan fingerprint density at radius 2 is 2.17 bits per heavy atom. The van der Waals surface area contributed by atoms with Gasteiger partial charge in [-0.1, -0.05) is 23.2 Å². The summed E-state index contributed by atoms with van der Waals surface area (Å²) in [6.07, 6.45) is 5.70. The summed E-state index contributed by atoms with van der Waals surface area (Å²) in [7, 11) is 0. The Balaban J connectivity index is 1.60. The molecular formula is C16H14Cl2N4O2. The number of hydrogen-bond donors (Lipinski definition) is 2. The number of carbonyl (C=O) groups excluding carboxylic acids is 1. The van der Waals surface area contributed by atoms with Crippen molar-refractivity contribution < 1.29 is 4.79 Å². The van der Waals surface area contributed by atoms with Crippen LogP contribution in [0.4, 0.5) is 10.5 Å². The molecule has 1 fully saturated rings. The first-order valence-corrected chi connectivity index (χ1v) is 8.40.